The van der Waals surface area contributed by atoms with Crippen molar-refractivity contribution in [2.24, 2.45) is 5.41 Å². The summed E-state index contributed by atoms with van der Waals surface area (Å²) in [5.74, 6) is -0.901. The molecule has 0 aromatic rings. The Morgan fingerprint density at radius 1 is 1.43 bits per heavy atom. The molecule has 0 aromatic carbocycles. The highest BCUT2D eigenvalue weighted by Crippen LogP contribution is 2.35. The zero-order valence-electron chi connectivity index (χ0n) is 12.9. The molecule has 1 aliphatic carbocycles. The van der Waals surface area contributed by atoms with Crippen molar-refractivity contribution in [2.45, 2.75) is 58.0 Å². The Kier molecular flexibility index (Phi) is 5.08. The molecule has 1 saturated heterocycles. The average molecular weight is 298 g/mol. The molecule has 0 radical (unpaired) electrons. The maximum atomic E-state index is 12.4. The number of hydrogen-bond acceptors (Lipinski definition) is 3. The molecule has 21 heavy (non-hydrogen) atoms. The summed E-state index contributed by atoms with van der Waals surface area (Å²) in [6.07, 6.45) is 4.23. The molecule has 6 heteroatoms. The van der Waals surface area contributed by atoms with Gasteiger partial charge in [0, 0.05) is 12.6 Å². The first-order valence-corrected chi connectivity index (χ1v) is 7.74. The molecule has 2 amide bonds. The zero-order chi connectivity index (χ0) is 15.5. The van der Waals surface area contributed by atoms with Gasteiger partial charge in [-0.25, -0.2) is 4.79 Å². The fourth-order valence-corrected chi connectivity index (χ4v) is 3.37. The lowest BCUT2D eigenvalue weighted by Crippen LogP contribution is -2.55. The SMILES string of the molecule is CC1(C)CCCC(NC(=O)N2CCOCC2CC(=O)O)C1. The minimum Gasteiger partial charge on any atom is -0.481 e. The molecule has 0 spiro atoms. The van der Waals surface area contributed by atoms with Gasteiger partial charge >= 0.3 is 12.0 Å². The topological polar surface area (TPSA) is 78.9 Å². The van der Waals surface area contributed by atoms with E-state index in [-0.39, 0.29) is 30.0 Å². The Balaban J connectivity index is 1.92. The van der Waals surface area contributed by atoms with Gasteiger partial charge < -0.3 is 20.1 Å². The minimum absolute atomic E-state index is 0.0659. The van der Waals surface area contributed by atoms with Crippen LogP contribution in [0.1, 0.15) is 46.0 Å². The maximum Gasteiger partial charge on any atom is 0.318 e. The van der Waals surface area contributed by atoms with Crippen LogP contribution in [0.4, 0.5) is 4.79 Å². The highest BCUT2D eigenvalue weighted by molar-refractivity contribution is 5.76. The van der Waals surface area contributed by atoms with Crippen molar-refractivity contribution in [1.82, 2.24) is 10.2 Å². The summed E-state index contributed by atoms with van der Waals surface area (Å²) in [5.41, 5.74) is 0.266. The Hall–Kier alpha value is -1.30. The predicted molar refractivity (Wildman–Crippen MR) is 78.1 cm³/mol. The number of urea groups is 1. The highest BCUT2D eigenvalue weighted by Gasteiger charge is 2.33. The Morgan fingerprint density at radius 3 is 2.86 bits per heavy atom. The van der Waals surface area contributed by atoms with E-state index >= 15 is 0 Å². The molecule has 2 atom stereocenters. The predicted octanol–water partition coefficient (Wildman–Crippen LogP) is 1.84. The van der Waals surface area contributed by atoms with Crippen LogP contribution in [-0.4, -0.2) is 53.8 Å². The number of nitrogens with one attached hydrogen (secondary N) is 1. The van der Waals surface area contributed by atoms with Crippen LogP contribution in [0.2, 0.25) is 0 Å². The van der Waals surface area contributed by atoms with Crippen molar-refractivity contribution in [3.05, 3.63) is 0 Å². The van der Waals surface area contributed by atoms with Crippen molar-refractivity contribution in [1.29, 1.82) is 0 Å². The van der Waals surface area contributed by atoms with E-state index in [9.17, 15) is 9.59 Å². The first-order valence-electron chi connectivity index (χ1n) is 7.74. The second-order valence-electron chi connectivity index (χ2n) is 6.93. The first-order chi connectivity index (χ1) is 9.87. The fraction of sp³-hybridized carbons (Fsp3) is 0.867. The third-order valence-corrected chi connectivity index (χ3v) is 4.43. The van der Waals surface area contributed by atoms with E-state index in [2.05, 4.69) is 19.2 Å². The number of amides is 2. The number of morpholine rings is 1. The molecule has 0 aromatic heterocycles. The zero-order valence-corrected chi connectivity index (χ0v) is 12.9. The molecule has 6 nitrogen and oxygen atoms in total. The molecule has 0 bridgehead atoms. The Morgan fingerprint density at radius 2 is 2.19 bits per heavy atom. The average Bonchev–Trinajstić information content (AvgIpc) is 2.37. The van der Waals surface area contributed by atoms with Crippen molar-refractivity contribution < 1.29 is 19.4 Å². The lowest BCUT2D eigenvalue weighted by atomic mass is 9.75. The Labute approximate surface area is 125 Å². The number of nitrogens with zero attached hydrogens (tertiary/aromatic N) is 1. The molecule has 1 aliphatic heterocycles. The quantitative estimate of drug-likeness (QED) is 0.833. The molecular weight excluding hydrogens is 272 g/mol. The van der Waals surface area contributed by atoms with Gasteiger partial charge in [0.15, 0.2) is 0 Å². The monoisotopic (exact) mass is 298 g/mol. The number of carbonyl (C=O) groups is 2. The summed E-state index contributed by atoms with van der Waals surface area (Å²) < 4.78 is 5.30. The molecular formula is C15H26N2O4. The molecule has 2 aliphatic rings. The number of carboxylic acids is 1. The van der Waals surface area contributed by atoms with Crippen molar-refractivity contribution in [3.8, 4) is 0 Å². The number of ether oxygens (including phenoxy) is 1. The van der Waals surface area contributed by atoms with E-state index in [0.717, 1.165) is 19.3 Å². The lowest BCUT2D eigenvalue weighted by Gasteiger charge is -2.39. The third kappa shape index (κ3) is 4.59. The van der Waals surface area contributed by atoms with Crippen LogP contribution in [0.3, 0.4) is 0 Å². The molecule has 1 saturated carbocycles. The smallest absolute Gasteiger partial charge is 0.318 e. The second kappa shape index (κ2) is 6.64. The van der Waals surface area contributed by atoms with E-state index in [0.29, 0.717) is 19.8 Å². The van der Waals surface area contributed by atoms with Crippen molar-refractivity contribution >= 4 is 12.0 Å². The van der Waals surface area contributed by atoms with E-state index < -0.39 is 5.97 Å². The number of carbonyl (C=O) groups excluding carboxylic acids is 1. The molecule has 120 valence electrons. The summed E-state index contributed by atoms with van der Waals surface area (Å²) in [6.45, 7) is 5.69. The largest absolute Gasteiger partial charge is 0.481 e. The van der Waals surface area contributed by atoms with Crippen LogP contribution < -0.4 is 5.32 Å². The van der Waals surface area contributed by atoms with Gasteiger partial charge in [0.05, 0.1) is 25.7 Å². The van der Waals surface area contributed by atoms with Crippen molar-refractivity contribution in [2.75, 3.05) is 19.8 Å². The Bertz CT molecular complexity index is 397. The summed E-state index contributed by atoms with van der Waals surface area (Å²) >= 11 is 0. The first kappa shape index (κ1) is 16.1. The minimum atomic E-state index is -0.901. The number of rotatable bonds is 3. The third-order valence-electron chi connectivity index (χ3n) is 4.43. The van der Waals surface area contributed by atoms with E-state index in [1.54, 1.807) is 4.90 Å². The van der Waals surface area contributed by atoms with Gasteiger partial charge in [-0.3, -0.25) is 4.79 Å². The summed E-state index contributed by atoms with van der Waals surface area (Å²) in [4.78, 5) is 25.0. The normalized spacial score (nSPS) is 29.0. The van der Waals surface area contributed by atoms with Gasteiger partial charge in [-0.1, -0.05) is 20.3 Å². The van der Waals surface area contributed by atoms with Gasteiger partial charge in [0.25, 0.3) is 0 Å². The van der Waals surface area contributed by atoms with Gasteiger partial charge in [-0.2, -0.15) is 0 Å². The van der Waals surface area contributed by atoms with Crippen LogP contribution in [0.5, 0.6) is 0 Å². The highest BCUT2D eigenvalue weighted by atomic mass is 16.5. The summed E-state index contributed by atoms with van der Waals surface area (Å²) in [6, 6.07) is -0.324. The van der Waals surface area contributed by atoms with E-state index in [4.69, 9.17) is 9.84 Å². The fourth-order valence-electron chi connectivity index (χ4n) is 3.37. The lowest BCUT2D eigenvalue weighted by molar-refractivity contribution is -0.139. The molecule has 2 unspecified atom stereocenters. The van der Waals surface area contributed by atoms with Crippen LogP contribution in [0.25, 0.3) is 0 Å². The van der Waals surface area contributed by atoms with Gasteiger partial charge in [0.2, 0.25) is 0 Å². The van der Waals surface area contributed by atoms with Crippen LogP contribution >= 0.6 is 0 Å². The van der Waals surface area contributed by atoms with Crippen LogP contribution in [-0.2, 0) is 9.53 Å². The summed E-state index contributed by atoms with van der Waals surface area (Å²) in [5, 5.41) is 12.0. The standard InChI is InChI=1S/C15H26N2O4/c1-15(2)5-3-4-11(9-15)16-14(20)17-6-7-21-10-12(17)8-13(18)19/h11-12H,3-10H2,1-2H3,(H,16,20)(H,18,19). The van der Waals surface area contributed by atoms with Gasteiger partial charge in [-0.05, 0) is 24.7 Å². The van der Waals surface area contributed by atoms with Gasteiger partial charge in [0.1, 0.15) is 0 Å². The molecule has 2 fully saturated rings. The maximum absolute atomic E-state index is 12.4. The van der Waals surface area contributed by atoms with E-state index in [1.807, 2.05) is 0 Å². The molecule has 2 rings (SSSR count). The van der Waals surface area contributed by atoms with Crippen LogP contribution in [0, 0.1) is 5.41 Å². The molecule has 1 heterocycles. The second-order valence-corrected chi connectivity index (χ2v) is 6.93. The van der Waals surface area contributed by atoms with Crippen molar-refractivity contribution in [3.63, 3.8) is 0 Å². The van der Waals surface area contributed by atoms with E-state index in [1.165, 1.54) is 6.42 Å². The summed E-state index contributed by atoms with van der Waals surface area (Å²) in [7, 11) is 0. The van der Waals surface area contributed by atoms with Crippen LogP contribution in [0.15, 0.2) is 0 Å². The number of hydrogen-bond donors (Lipinski definition) is 2. The number of aliphatic carboxylic acids is 1. The molecule has 2 N–H and O–H groups in total. The number of carboxylic acid groups (broad SMARTS) is 1. The van der Waals surface area contributed by atoms with Gasteiger partial charge in [-0.15, -0.1) is 0 Å².